The molecule has 0 amide bonds. The van der Waals surface area contributed by atoms with Crippen LogP contribution in [0.5, 0.6) is 0 Å². The van der Waals surface area contributed by atoms with E-state index in [0.29, 0.717) is 0 Å². The van der Waals surface area contributed by atoms with E-state index in [-0.39, 0.29) is 0 Å². The van der Waals surface area contributed by atoms with Gasteiger partial charge in [0.25, 0.3) is 0 Å². The van der Waals surface area contributed by atoms with Gasteiger partial charge in [0.15, 0.2) is 0 Å². The Morgan fingerprint density at radius 2 is 2.00 bits per heavy atom. The first-order chi connectivity index (χ1) is 3.93. The first kappa shape index (κ1) is 5.56. The van der Waals surface area contributed by atoms with Crippen molar-refractivity contribution in [3.8, 4) is 0 Å². The van der Waals surface area contributed by atoms with Crippen molar-refractivity contribution in [2.75, 3.05) is 26.3 Å². The first-order valence-corrected chi connectivity index (χ1v) is 2.73. The predicted molar refractivity (Wildman–Crippen MR) is 30.6 cm³/mol. The van der Waals surface area contributed by atoms with Gasteiger partial charge in [-0.05, 0) is 0 Å². The highest BCUT2D eigenvalue weighted by atomic mass is 16.5. The molecule has 0 aromatic heterocycles. The minimum atomic E-state index is 0.733. The Bertz CT molecular complexity index is 78.5. The van der Waals surface area contributed by atoms with E-state index in [0.717, 1.165) is 32.6 Å². The third-order valence-electron chi connectivity index (χ3n) is 1.21. The molecule has 8 heavy (non-hydrogen) atoms. The monoisotopic (exact) mass is 113 g/mol. The second-order valence-corrected chi connectivity index (χ2v) is 1.76. The summed E-state index contributed by atoms with van der Waals surface area (Å²) in [6.45, 7) is 3.10. The van der Waals surface area contributed by atoms with Gasteiger partial charge in [-0.25, -0.2) is 0 Å². The van der Waals surface area contributed by atoms with Crippen LogP contribution in [0.4, 0.5) is 0 Å². The van der Waals surface area contributed by atoms with Gasteiger partial charge in [-0.15, -0.1) is 5.41 Å². The van der Waals surface area contributed by atoms with Crippen molar-refractivity contribution in [2.45, 2.75) is 0 Å². The molecule has 3 heteroatoms. The average Bonchev–Trinajstić information content (AvgIpc) is 1.90. The molecule has 1 fully saturated rings. The van der Waals surface area contributed by atoms with Crippen LogP contribution in [0.25, 0.3) is 0 Å². The van der Waals surface area contributed by atoms with E-state index in [1.807, 2.05) is 4.90 Å². The lowest BCUT2D eigenvalue weighted by atomic mass is 10.5. The van der Waals surface area contributed by atoms with Crippen LogP contribution in [0.15, 0.2) is 0 Å². The molecular weight excluding hydrogens is 104 g/mol. The molecule has 0 spiro atoms. The molecule has 0 aromatic rings. The summed E-state index contributed by atoms with van der Waals surface area (Å²) in [6, 6.07) is 0. The van der Waals surface area contributed by atoms with Crippen molar-refractivity contribution in [1.82, 2.24) is 10.3 Å². The van der Waals surface area contributed by atoms with Crippen LogP contribution in [-0.4, -0.2) is 37.5 Å². The summed E-state index contributed by atoms with van der Waals surface area (Å²) >= 11 is 0. The highest BCUT2D eigenvalue weighted by Crippen LogP contribution is 1.90. The summed E-state index contributed by atoms with van der Waals surface area (Å²) in [7, 11) is 0. The number of morpholine rings is 1. The Balaban J connectivity index is 2.22. The van der Waals surface area contributed by atoms with Crippen LogP contribution in [0, 0.1) is 0 Å². The SMILES string of the molecule is [N]=CN1CCOCC1. The molecule has 0 saturated carbocycles. The van der Waals surface area contributed by atoms with E-state index in [2.05, 4.69) is 0 Å². The fourth-order valence-electron chi connectivity index (χ4n) is 0.693. The zero-order valence-electron chi connectivity index (χ0n) is 4.71. The Kier molecular flexibility index (Phi) is 1.86. The predicted octanol–water partition coefficient (Wildman–Crippen LogP) is -0.853. The third kappa shape index (κ3) is 1.20. The molecule has 1 aliphatic rings. The molecule has 1 radical (unpaired) electrons. The number of ether oxygens (including phenoxy) is 1. The van der Waals surface area contributed by atoms with E-state index in [1.165, 1.54) is 0 Å². The van der Waals surface area contributed by atoms with Crippen molar-refractivity contribution >= 4 is 6.34 Å². The van der Waals surface area contributed by atoms with E-state index in [9.17, 15) is 0 Å². The third-order valence-corrected chi connectivity index (χ3v) is 1.21. The molecule has 1 saturated heterocycles. The summed E-state index contributed by atoms with van der Waals surface area (Å²) in [5.41, 5.74) is 0. The summed E-state index contributed by atoms with van der Waals surface area (Å²) in [4.78, 5) is 1.82. The smallest absolute Gasteiger partial charge is 0.114 e. The van der Waals surface area contributed by atoms with Crippen molar-refractivity contribution < 1.29 is 4.74 Å². The summed E-state index contributed by atoms with van der Waals surface area (Å²) in [6.07, 6.45) is 1.11. The standard InChI is InChI=1S/C5H9N2O/c6-5-7-1-3-8-4-2-7/h5H,1-4H2. The summed E-state index contributed by atoms with van der Waals surface area (Å²) < 4.78 is 5.03. The Morgan fingerprint density at radius 1 is 1.38 bits per heavy atom. The summed E-state index contributed by atoms with van der Waals surface area (Å²) in [5.74, 6) is 0. The second kappa shape index (κ2) is 2.67. The topological polar surface area (TPSA) is 34.8 Å². The fourth-order valence-corrected chi connectivity index (χ4v) is 0.693. The van der Waals surface area contributed by atoms with Crippen LogP contribution >= 0.6 is 0 Å². The van der Waals surface area contributed by atoms with E-state index in [4.69, 9.17) is 10.1 Å². The van der Waals surface area contributed by atoms with Crippen LogP contribution in [0.3, 0.4) is 0 Å². The van der Waals surface area contributed by atoms with Crippen molar-refractivity contribution in [3.63, 3.8) is 0 Å². The van der Waals surface area contributed by atoms with Crippen LogP contribution in [0.2, 0.25) is 0 Å². The zero-order chi connectivity index (χ0) is 5.82. The van der Waals surface area contributed by atoms with E-state index < -0.39 is 0 Å². The molecule has 0 bridgehead atoms. The second-order valence-electron chi connectivity index (χ2n) is 1.76. The van der Waals surface area contributed by atoms with Gasteiger partial charge >= 0.3 is 0 Å². The number of hydrogen-bond acceptors (Lipinski definition) is 1. The maximum absolute atomic E-state index is 8.44. The molecule has 45 valence electrons. The number of nitrogens with zero attached hydrogens (tertiary/aromatic N) is 2. The largest absolute Gasteiger partial charge is 0.378 e. The quantitative estimate of drug-likeness (QED) is 0.328. The van der Waals surface area contributed by atoms with Gasteiger partial charge in [0.05, 0.1) is 13.2 Å². The average molecular weight is 113 g/mol. The minimum absolute atomic E-state index is 0.733. The van der Waals surface area contributed by atoms with Crippen molar-refractivity contribution in [1.29, 1.82) is 0 Å². The minimum Gasteiger partial charge on any atom is -0.378 e. The molecule has 0 unspecified atom stereocenters. The molecule has 0 aromatic carbocycles. The van der Waals surface area contributed by atoms with E-state index >= 15 is 0 Å². The molecule has 3 nitrogen and oxygen atoms in total. The van der Waals surface area contributed by atoms with Gasteiger partial charge in [-0.1, -0.05) is 0 Å². The Hall–Kier alpha value is -0.570. The first-order valence-electron chi connectivity index (χ1n) is 2.73. The molecule has 1 heterocycles. The maximum atomic E-state index is 8.44. The van der Waals surface area contributed by atoms with Gasteiger partial charge in [0.1, 0.15) is 6.34 Å². The van der Waals surface area contributed by atoms with Gasteiger partial charge in [-0.3, -0.25) is 0 Å². The number of hydrogen-bond donors (Lipinski definition) is 0. The lowest BCUT2D eigenvalue weighted by Crippen LogP contribution is -2.35. The van der Waals surface area contributed by atoms with Gasteiger partial charge in [0, 0.05) is 13.1 Å². The highest BCUT2D eigenvalue weighted by Gasteiger charge is 2.04. The van der Waals surface area contributed by atoms with Crippen LogP contribution in [0.1, 0.15) is 0 Å². The van der Waals surface area contributed by atoms with Crippen LogP contribution in [-0.2, 0) is 4.74 Å². The maximum Gasteiger partial charge on any atom is 0.114 e. The molecule has 0 atom stereocenters. The molecule has 1 rings (SSSR count). The van der Waals surface area contributed by atoms with Gasteiger partial charge < -0.3 is 9.64 Å². The summed E-state index contributed by atoms with van der Waals surface area (Å²) in [5, 5.41) is 8.44. The van der Waals surface area contributed by atoms with E-state index in [1.54, 1.807) is 0 Å². The van der Waals surface area contributed by atoms with Crippen molar-refractivity contribution in [2.24, 2.45) is 0 Å². The Labute approximate surface area is 48.8 Å². The molecular formula is C5H9N2O. The Morgan fingerprint density at radius 3 is 2.38 bits per heavy atom. The molecule has 0 aliphatic carbocycles. The molecule has 1 aliphatic heterocycles. The van der Waals surface area contributed by atoms with Crippen LogP contribution < -0.4 is 5.41 Å². The zero-order valence-corrected chi connectivity index (χ0v) is 4.71. The highest BCUT2D eigenvalue weighted by molar-refractivity contribution is 5.51. The van der Waals surface area contributed by atoms with Gasteiger partial charge in [0.2, 0.25) is 0 Å². The molecule has 0 N–H and O–H groups in total. The van der Waals surface area contributed by atoms with Gasteiger partial charge in [-0.2, -0.15) is 0 Å². The fraction of sp³-hybridized carbons (Fsp3) is 0.800. The van der Waals surface area contributed by atoms with Crippen molar-refractivity contribution in [3.05, 3.63) is 0 Å². The normalized spacial score (nSPS) is 20.8. The number of rotatable bonds is 1. The lowest BCUT2D eigenvalue weighted by molar-refractivity contribution is 0.0701. The lowest BCUT2D eigenvalue weighted by Gasteiger charge is -2.22.